The van der Waals surface area contributed by atoms with Gasteiger partial charge in [0, 0.05) is 6.54 Å². The maximum absolute atomic E-state index is 13.3. The van der Waals surface area contributed by atoms with Gasteiger partial charge < -0.3 is 9.84 Å². The van der Waals surface area contributed by atoms with E-state index in [1.54, 1.807) is 0 Å². The van der Waals surface area contributed by atoms with Crippen molar-refractivity contribution in [2.24, 2.45) is 0 Å². The van der Waals surface area contributed by atoms with Crippen LogP contribution in [0.3, 0.4) is 0 Å². The Hall–Kier alpha value is -1.11. The lowest BCUT2D eigenvalue weighted by Crippen LogP contribution is -2.51. The Morgan fingerprint density at radius 1 is 1.26 bits per heavy atom. The number of sulfonamides is 2. The van der Waals surface area contributed by atoms with Crippen LogP contribution in [-0.2, 0) is 24.8 Å². The van der Waals surface area contributed by atoms with Gasteiger partial charge in [-0.15, -0.1) is 0 Å². The summed E-state index contributed by atoms with van der Waals surface area (Å²) in [5, 5.41) is 9.55. The molecule has 11 heteroatoms. The molecule has 0 bridgehead atoms. The first kappa shape index (κ1) is 22.2. The zero-order valence-corrected chi connectivity index (χ0v) is 16.6. The van der Waals surface area contributed by atoms with Gasteiger partial charge in [0.05, 0.1) is 35.5 Å². The number of hydrogen-bond donors (Lipinski definition) is 3. The van der Waals surface area contributed by atoms with E-state index in [-0.39, 0.29) is 23.3 Å². The summed E-state index contributed by atoms with van der Waals surface area (Å²) < 4.78 is 71.6. The van der Waals surface area contributed by atoms with E-state index in [0.717, 1.165) is 12.1 Å². The first-order chi connectivity index (χ1) is 12.7. The number of rotatable bonds is 9. The normalized spacial score (nSPS) is 24.0. The minimum Gasteiger partial charge on any atom is -0.394 e. The van der Waals surface area contributed by atoms with Crippen LogP contribution in [0.4, 0.5) is 4.39 Å². The molecular formula is C16H25FN2O6S2. The molecular weight excluding hydrogens is 399 g/mol. The molecule has 1 aliphatic heterocycles. The van der Waals surface area contributed by atoms with Gasteiger partial charge in [-0.2, -0.15) is 0 Å². The van der Waals surface area contributed by atoms with E-state index in [0.29, 0.717) is 19.3 Å². The molecule has 1 aliphatic rings. The van der Waals surface area contributed by atoms with Crippen molar-refractivity contribution < 1.29 is 31.1 Å². The molecule has 8 nitrogen and oxygen atoms in total. The molecule has 1 aromatic carbocycles. The van der Waals surface area contributed by atoms with Gasteiger partial charge in [0.2, 0.25) is 20.0 Å². The Bertz CT molecular complexity index is 831. The lowest BCUT2D eigenvalue weighted by Gasteiger charge is -2.36. The van der Waals surface area contributed by atoms with Gasteiger partial charge in [-0.1, -0.05) is 6.07 Å². The summed E-state index contributed by atoms with van der Waals surface area (Å²) in [5.41, 5.74) is 0. The maximum Gasteiger partial charge on any atom is 0.241 e. The number of aliphatic hydroxyl groups excluding tert-OH is 1. The summed E-state index contributed by atoms with van der Waals surface area (Å²) in [6.45, 7) is 1.35. The fourth-order valence-corrected chi connectivity index (χ4v) is 4.82. The summed E-state index contributed by atoms with van der Waals surface area (Å²) >= 11 is 0. The van der Waals surface area contributed by atoms with Crippen LogP contribution in [0, 0.1) is 5.82 Å². The Morgan fingerprint density at radius 2 is 2.00 bits per heavy atom. The topological polar surface area (TPSA) is 122 Å². The third-order valence-electron chi connectivity index (χ3n) is 4.38. The van der Waals surface area contributed by atoms with Crippen LogP contribution in [0.15, 0.2) is 29.2 Å². The molecule has 1 fully saturated rings. The second-order valence-corrected chi connectivity index (χ2v) is 10.1. The highest BCUT2D eigenvalue weighted by Crippen LogP contribution is 2.23. The van der Waals surface area contributed by atoms with Crippen molar-refractivity contribution >= 4 is 20.0 Å². The van der Waals surface area contributed by atoms with Crippen molar-refractivity contribution in [2.75, 3.05) is 18.9 Å². The average molecular weight is 425 g/mol. The fourth-order valence-electron chi connectivity index (χ4n) is 2.86. The van der Waals surface area contributed by atoms with Crippen LogP contribution < -0.4 is 9.44 Å². The van der Waals surface area contributed by atoms with Crippen LogP contribution in [0.25, 0.3) is 0 Å². The first-order valence-corrected chi connectivity index (χ1v) is 11.8. The third-order valence-corrected chi connectivity index (χ3v) is 7.27. The molecule has 1 aromatic rings. The largest absolute Gasteiger partial charge is 0.394 e. The van der Waals surface area contributed by atoms with Crippen molar-refractivity contribution in [2.45, 2.75) is 49.3 Å². The van der Waals surface area contributed by atoms with Crippen molar-refractivity contribution in [3.63, 3.8) is 0 Å². The highest BCUT2D eigenvalue weighted by Gasteiger charge is 2.34. The summed E-state index contributed by atoms with van der Waals surface area (Å²) in [5.74, 6) is -0.673. The molecule has 3 atom stereocenters. The second kappa shape index (κ2) is 9.39. The molecule has 0 unspecified atom stereocenters. The zero-order chi connectivity index (χ0) is 20.1. The monoisotopic (exact) mass is 424 g/mol. The van der Waals surface area contributed by atoms with E-state index < -0.39 is 44.6 Å². The van der Waals surface area contributed by atoms with Gasteiger partial charge in [-0.3, -0.25) is 0 Å². The van der Waals surface area contributed by atoms with E-state index in [1.165, 1.54) is 19.1 Å². The smallest absolute Gasteiger partial charge is 0.241 e. The highest BCUT2D eigenvalue weighted by atomic mass is 32.2. The quantitative estimate of drug-likeness (QED) is 0.526. The van der Waals surface area contributed by atoms with Crippen molar-refractivity contribution in [3.8, 4) is 0 Å². The first-order valence-electron chi connectivity index (χ1n) is 8.68. The van der Waals surface area contributed by atoms with Crippen LogP contribution in [0.2, 0.25) is 0 Å². The number of hydrogen-bond acceptors (Lipinski definition) is 6. The van der Waals surface area contributed by atoms with Crippen LogP contribution in [-0.4, -0.2) is 59.1 Å². The van der Waals surface area contributed by atoms with Gasteiger partial charge in [-0.25, -0.2) is 30.7 Å². The molecule has 27 heavy (non-hydrogen) atoms. The summed E-state index contributed by atoms with van der Waals surface area (Å²) in [6.07, 6.45) is 0.261. The molecule has 0 aliphatic carbocycles. The predicted molar refractivity (Wildman–Crippen MR) is 97.6 cm³/mol. The highest BCUT2D eigenvalue weighted by molar-refractivity contribution is 7.89. The molecule has 0 aromatic heterocycles. The van der Waals surface area contributed by atoms with Gasteiger partial charge in [0.25, 0.3) is 0 Å². The Balaban J connectivity index is 1.95. The van der Waals surface area contributed by atoms with Gasteiger partial charge in [-0.05, 0) is 44.4 Å². The number of nitrogens with one attached hydrogen (secondary N) is 2. The number of halogens is 1. The minimum atomic E-state index is -3.96. The van der Waals surface area contributed by atoms with Crippen LogP contribution in [0.5, 0.6) is 0 Å². The summed E-state index contributed by atoms with van der Waals surface area (Å²) in [6, 6.07) is 4.00. The second-order valence-electron chi connectivity index (χ2n) is 6.33. The lowest BCUT2D eigenvalue weighted by atomic mass is 9.98. The van der Waals surface area contributed by atoms with E-state index in [4.69, 9.17) is 4.74 Å². The molecule has 3 N–H and O–H groups in total. The fraction of sp³-hybridized carbons (Fsp3) is 0.625. The molecule has 0 saturated carbocycles. The molecule has 1 heterocycles. The number of aliphatic hydroxyl groups is 1. The maximum atomic E-state index is 13.3. The SMILES string of the molecule is CCS(=O)(=O)NCC[C@H]1CC[C@H](NS(=O)(=O)c2cccc(F)c2)[C@H](CO)O1. The Morgan fingerprint density at radius 3 is 2.63 bits per heavy atom. The van der Waals surface area contributed by atoms with Crippen LogP contribution >= 0.6 is 0 Å². The molecule has 154 valence electrons. The minimum absolute atomic E-state index is 0.0122. The van der Waals surface area contributed by atoms with E-state index in [2.05, 4.69) is 9.44 Å². The van der Waals surface area contributed by atoms with E-state index in [9.17, 15) is 26.3 Å². The van der Waals surface area contributed by atoms with Crippen LogP contribution in [0.1, 0.15) is 26.2 Å². The summed E-state index contributed by atoms with van der Waals surface area (Å²) in [4.78, 5) is -0.199. The van der Waals surface area contributed by atoms with Gasteiger partial charge in [0.15, 0.2) is 0 Å². The van der Waals surface area contributed by atoms with Gasteiger partial charge >= 0.3 is 0 Å². The summed E-state index contributed by atoms with van der Waals surface area (Å²) in [7, 11) is -7.24. The molecule has 2 rings (SSSR count). The van der Waals surface area contributed by atoms with E-state index in [1.807, 2.05) is 0 Å². The predicted octanol–water partition coefficient (Wildman–Crippen LogP) is 0.342. The van der Waals surface area contributed by atoms with E-state index >= 15 is 0 Å². The lowest BCUT2D eigenvalue weighted by molar-refractivity contribution is -0.0869. The standard InChI is InChI=1S/C16H25FN2O6S2/c1-2-26(21,22)18-9-8-13-6-7-15(16(11-20)25-13)19-27(23,24)14-5-3-4-12(17)10-14/h3-5,10,13,15-16,18-20H,2,6-9,11H2,1H3/t13-,15+,16+/m1/s1. The zero-order valence-electron chi connectivity index (χ0n) is 15.0. The average Bonchev–Trinajstić information content (AvgIpc) is 2.62. The molecule has 0 spiro atoms. The third kappa shape index (κ3) is 6.47. The van der Waals surface area contributed by atoms with Crippen molar-refractivity contribution in [3.05, 3.63) is 30.1 Å². The molecule has 0 amide bonds. The molecule has 0 radical (unpaired) electrons. The Labute approximate surface area is 159 Å². The molecule has 1 saturated heterocycles. The van der Waals surface area contributed by atoms with Gasteiger partial charge in [0.1, 0.15) is 5.82 Å². The Kier molecular flexibility index (Phi) is 7.72. The van der Waals surface area contributed by atoms with Crippen molar-refractivity contribution in [1.82, 2.24) is 9.44 Å². The number of ether oxygens (including phenoxy) is 1. The van der Waals surface area contributed by atoms with Crippen molar-refractivity contribution in [1.29, 1.82) is 0 Å². The number of benzene rings is 1.